The molecule has 0 aliphatic carbocycles. The maximum Gasteiger partial charge on any atom is 0.139 e. The molecule has 2 aromatic carbocycles. The highest BCUT2D eigenvalue weighted by Gasteiger charge is 2.12. The van der Waals surface area contributed by atoms with Crippen LogP contribution in [-0.2, 0) is 17.9 Å². The summed E-state index contributed by atoms with van der Waals surface area (Å²) in [5, 5.41) is 11.4. The van der Waals surface area contributed by atoms with E-state index >= 15 is 0 Å². The molecule has 0 radical (unpaired) electrons. The SMILES string of the molecule is COc1ccc(CN2C=C(OCc3ccccc3)C=C(CO)N2)cc1. The molecule has 0 bridgehead atoms. The van der Waals surface area contributed by atoms with Crippen molar-refractivity contribution < 1.29 is 14.6 Å². The summed E-state index contributed by atoms with van der Waals surface area (Å²) in [6, 6.07) is 17.9. The standard InChI is InChI=1S/C20H22N2O3/c1-24-19-9-7-16(8-10-19)12-22-13-20(11-18(14-23)21-22)25-15-17-5-3-2-4-6-17/h2-11,13,21,23H,12,14-15H2,1H3. The van der Waals surface area contributed by atoms with Crippen LogP contribution in [0.2, 0.25) is 0 Å². The molecule has 25 heavy (non-hydrogen) atoms. The number of hydrazine groups is 1. The Morgan fingerprint density at radius 1 is 1.00 bits per heavy atom. The van der Waals surface area contributed by atoms with Gasteiger partial charge in [0.05, 0.1) is 32.2 Å². The zero-order valence-electron chi connectivity index (χ0n) is 14.2. The van der Waals surface area contributed by atoms with Crippen LogP contribution < -0.4 is 10.2 Å². The fourth-order valence-electron chi connectivity index (χ4n) is 2.53. The Balaban J connectivity index is 1.66. The number of allylic oxidation sites excluding steroid dienone is 1. The molecule has 1 aliphatic rings. The molecule has 2 aromatic rings. The summed E-state index contributed by atoms with van der Waals surface area (Å²) in [5.41, 5.74) is 6.08. The molecule has 0 amide bonds. The summed E-state index contributed by atoms with van der Waals surface area (Å²) < 4.78 is 11.1. The normalized spacial score (nSPS) is 13.6. The van der Waals surface area contributed by atoms with Gasteiger partial charge in [-0.1, -0.05) is 42.5 Å². The van der Waals surface area contributed by atoms with E-state index in [1.165, 1.54) is 0 Å². The summed E-state index contributed by atoms with van der Waals surface area (Å²) >= 11 is 0. The van der Waals surface area contributed by atoms with Crippen molar-refractivity contribution in [2.75, 3.05) is 13.7 Å². The van der Waals surface area contributed by atoms with Crippen LogP contribution >= 0.6 is 0 Å². The Labute approximate surface area is 147 Å². The van der Waals surface area contributed by atoms with E-state index in [-0.39, 0.29) is 6.61 Å². The first-order chi connectivity index (χ1) is 12.3. The van der Waals surface area contributed by atoms with Crippen molar-refractivity contribution in [2.45, 2.75) is 13.2 Å². The number of methoxy groups -OCH3 is 1. The number of aliphatic hydroxyl groups is 1. The maximum absolute atomic E-state index is 9.49. The minimum Gasteiger partial charge on any atom is -0.497 e. The van der Waals surface area contributed by atoms with Gasteiger partial charge in [0, 0.05) is 6.08 Å². The summed E-state index contributed by atoms with van der Waals surface area (Å²) in [6.45, 7) is 1.04. The third-order valence-corrected chi connectivity index (χ3v) is 3.82. The van der Waals surface area contributed by atoms with Crippen LogP contribution in [0.4, 0.5) is 0 Å². The smallest absolute Gasteiger partial charge is 0.139 e. The van der Waals surface area contributed by atoms with Crippen molar-refractivity contribution in [3.63, 3.8) is 0 Å². The van der Waals surface area contributed by atoms with Crippen molar-refractivity contribution in [3.8, 4) is 5.75 Å². The van der Waals surface area contributed by atoms with Gasteiger partial charge in [0.1, 0.15) is 18.1 Å². The second-order valence-corrected chi connectivity index (χ2v) is 5.72. The van der Waals surface area contributed by atoms with Gasteiger partial charge >= 0.3 is 0 Å². The van der Waals surface area contributed by atoms with Crippen molar-refractivity contribution in [3.05, 3.63) is 89.5 Å². The molecular formula is C20H22N2O3. The number of aliphatic hydroxyl groups excluding tert-OH is 1. The van der Waals surface area contributed by atoms with Gasteiger partial charge in [0.15, 0.2) is 0 Å². The van der Waals surface area contributed by atoms with Gasteiger partial charge in [-0.15, -0.1) is 0 Å². The number of nitrogens with one attached hydrogen (secondary N) is 1. The highest BCUT2D eigenvalue weighted by molar-refractivity contribution is 5.28. The Kier molecular flexibility index (Phi) is 5.59. The molecule has 5 heteroatoms. The average molecular weight is 338 g/mol. The molecule has 5 nitrogen and oxygen atoms in total. The van der Waals surface area contributed by atoms with Crippen LogP contribution in [0.1, 0.15) is 11.1 Å². The van der Waals surface area contributed by atoms with Crippen LogP contribution in [0.25, 0.3) is 0 Å². The quantitative estimate of drug-likeness (QED) is 0.813. The topological polar surface area (TPSA) is 54.0 Å². The second-order valence-electron chi connectivity index (χ2n) is 5.72. The number of benzene rings is 2. The molecule has 1 heterocycles. The fraction of sp³-hybridized carbons (Fsp3) is 0.200. The van der Waals surface area contributed by atoms with E-state index in [0.29, 0.717) is 24.6 Å². The number of ether oxygens (including phenoxy) is 2. The van der Waals surface area contributed by atoms with Crippen molar-refractivity contribution in [2.24, 2.45) is 0 Å². The van der Waals surface area contributed by atoms with Crippen LogP contribution in [0.15, 0.2) is 78.3 Å². The third-order valence-electron chi connectivity index (χ3n) is 3.82. The number of hydrogen-bond donors (Lipinski definition) is 2. The van der Waals surface area contributed by atoms with E-state index in [2.05, 4.69) is 5.43 Å². The van der Waals surface area contributed by atoms with Crippen LogP contribution in [0.3, 0.4) is 0 Å². The summed E-state index contributed by atoms with van der Waals surface area (Å²) in [6.07, 6.45) is 3.71. The van der Waals surface area contributed by atoms with E-state index in [9.17, 15) is 5.11 Å². The summed E-state index contributed by atoms with van der Waals surface area (Å²) in [7, 11) is 1.65. The summed E-state index contributed by atoms with van der Waals surface area (Å²) in [5.74, 6) is 1.54. The van der Waals surface area contributed by atoms with Gasteiger partial charge in [-0.3, -0.25) is 5.01 Å². The minimum absolute atomic E-state index is 0.0782. The first kappa shape index (κ1) is 16.9. The maximum atomic E-state index is 9.49. The summed E-state index contributed by atoms with van der Waals surface area (Å²) in [4.78, 5) is 0. The molecule has 0 aromatic heterocycles. The molecule has 3 rings (SSSR count). The number of rotatable bonds is 7. The van der Waals surface area contributed by atoms with E-state index in [4.69, 9.17) is 9.47 Å². The average Bonchev–Trinajstić information content (AvgIpc) is 2.67. The molecule has 0 unspecified atom stereocenters. The monoisotopic (exact) mass is 338 g/mol. The second kappa shape index (κ2) is 8.26. The van der Waals surface area contributed by atoms with Crippen molar-refractivity contribution >= 4 is 0 Å². The predicted octanol–water partition coefficient (Wildman–Crippen LogP) is 2.95. The molecule has 130 valence electrons. The van der Waals surface area contributed by atoms with E-state index < -0.39 is 0 Å². The van der Waals surface area contributed by atoms with Crippen molar-refractivity contribution in [1.82, 2.24) is 10.4 Å². The van der Waals surface area contributed by atoms with Gasteiger partial charge in [-0.2, -0.15) is 0 Å². The zero-order valence-corrected chi connectivity index (χ0v) is 14.2. The van der Waals surface area contributed by atoms with Crippen LogP contribution in [-0.4, -0.2) is 23.8 Å². The first-order valence-corrected chi connectivity index (χ1v) is 8.13. The van der Waals surface area contributed by atoms with E-state index in [1.807, 2.05) is 71.9 Å². The van der Waals surface area contributed by atoms with Gasteiger partial charge < -0.3 is 20.0 Å². The lowest BCUT2D eigenvalue weighted by molar-refractivity contribution is 0.177. The van der Waals surface area contributed by atoms with Gasteiger partial charge in [-0.25, -0.2) is 0 Å². The lowest BCUT2D eigenvalue weighted by Crippen LogP contribution is -2.36. The number of hydrogen-bond acceptors (Lipinski definition) is 5. The molecule has 0 saturated carbocycles. The highest BCUT2D eigenvalue weighted by atomic mass is 16.5. The van der Waals surface area contributed by atoms with E-state index in [1.54, 1.807) is 7.11 Å². The zero-order chi connectivity index (χ0) is 17.5. The molecular weight excluding hydrogens is 316 g/mol. The Morgan fingerprint density at radius 2 is 1.76 bits per heavy atom. The van der Waals surface area contributed by atoms with Crippen LogP contribution in [0.5, 0.6) is 5.75 Å². The van der Waals surface area contributed by atoms with Crippen molar-refractivity contribution in [1.29, 1.82) is 0 Å². The Hall–Kier alpha value is -2.92. The molecule has 0 saturated heterocycles. The molecule has 0 spiro atoms. The highest BCUT2D eigenvalue weighted by Crippen LogP contribution is 2.17. The largest absolute Gasteiger partial charge is 0.497 e. The Morgan fingerprint density at radius 3 is 2.44 bits per heavy atom. The molecule has 1 aliphatic heterocycles. The predicted molar refractivity (Wildman–Crippen MR) is 96.2 cm³/mol. The lowest BCUT2D eigenvalue weighted by atomic mass is 10.2. The van der Waals surface area contributed by atoms with Gasteiger partial charge in [0.2, 0.25) is 0 Å². The van der Waals surface area contributed by atoms with Gasteiger partial charge in [0.25, 0.3) is 0 Å². The molecule has 0 fully saturated rings. The van der Waals surface area contributed by atoms with E-state index in [0.717, 1.165) is 16.9 Å². The minimum atomic E-state index is -0.0782. The van der Waals surface area contributed by atoms with Gasteiger partial charge in [-0.05, 0) is 23.3 Å². The fourth-order valence-corrected chi connectivity index (χ4v) is 2.53. The first-order valence-electron chi connectivity index (χ1n) is 8.13. The Bertz CT molecular complexity index is 739. The lowest BCUT2D eigenvalue weighted by Gasteiger charge is -2.28. The van der Waals surface area contributed by atoms with Crippen LogP contribution in [0, 0.1) is 0 Å². The molecule has 2 N–H and O–H groups in total. The third kappa shape index (κ3) is 4.78. The number of nitrogens with zero attached hydrogens (tertiary/aromatic N) is 1. The molecule has 0 atom stereocenters.